The molecule has 3 rings (SSSR count). The monoisotopic (exact) mass is 436 g/mol. The molecule has 0 saturated carbocycles. The summed E-state index contributed by atoms with van der Waals surface area (Å²) in [4.78, 5) is 23.3. The van der Waals surface area contributed by atoms with E-state index in [-0.39, 0.29) is 5.56 Å². The van der Waals surface area contributed by atoms with Gasteiger partial charge in [0, 0.05) is 36.3 Å². The highest BCUT2D eigenvalue weighted by molar-refractivity contribution is 7.71. The van der Waals surface area contributed by atoms with Crippen LogP contribution in [0, 0.1) is 4.77 Å². The van der Waals surface area contributed by atoms with E-state index in [0.29, 0.717) is 16.8 Å². The van der Waals surface area contributed by atoms with Gasteiger partial charge in [0.2, 0.25) is 0 Å². The third-order valence-corrected chi connectivity index (χ3v) is 5.83. The second kappa shape index (κ2) is 12.3. The number of aromatic nitrogens is 4. The van der Waals surface area contributed by atoms with Gasteiger partial charge >= 0.3 is 0 Å². The molecule has 0 atom stereocenters. The largest absolute Gasteiger partial charge is 0.299 e. The summed E-state index contributed by atoms with van der Waals surface area (Å²) in [6, 6.07) is 8.43. The van der Waals surface area contributed by atoms with Crippen molar-refractivity contribution in [3.63, 3.8) is 0 Å². The standard InChI is InChI=1S/C25H32N4OS/c1-2-3-4-5-6-7-8-9-11-20-12-10-13-23(15-20)29-18-22(24(30)28-25(29)31)14-21-16-26-19-27-17-21/h10,12-13,15-19H,2-9,11,14H2,1H3,(H,28,30,31). The molecule has 0 unspecified atom stereocenters. The Bertz CT molecular complexity index is 1060. The van der Waals surface area contributed by atoms with E-state index in [1.54, 1.807) is 12.4 Å². The molecule has 1 aromatic carbocycles. The molecular weight excluding hydrogens is 404 g/mol. The number of aromatic amines is 1. The van der Waals surface area contributed by atoms with Gasteiger partial charge in [0.1, 0.15) is 6.33 Å². The maximum Gasteiger partial charge on any atom is 0.255 e. The summed E-state index contributed by atoms with van der Waals surface area (Å²) in [7, 11) is 0. The molecule has 0 aliphatic carbocycles. The quantitative estimate of drug-likeness (QED) is 0.281. The van der Waals surface area contributed by atoms with Crippen molar-refractivity contribution in [2.45, 2.75) is 71.1 Å². The molecule has 0 fully saturated rings. The summed E-state index contributed by atoms with van der Waals surface area (Å²) in [5.74, 6) is 0. The van der Waals surface area contributed by atoms with Crippen molar-refractivity contribution in [1.82, 2.24) is 19.5 Å². The van der Waals surface area contributed by atoms with Crippen molar-refractivity contribution >= 4 is 12.2 Å². The van der Waals surface area contributed by atoms with Gasteiger partial charge in [-0.15, -0.1) is 0 Å². The normalized spacial score (nSPS) is 11.0. The van der Waals surface area contributed by atoms with Gasteiger partial charge in [-0.3, -0.25) is 14.3 Å². The average Bonchev–Trinajstić information content (AvgIpc) is 2.78. The van der Waals surface area contributed by atoms with Crippen LogP contribution in [0.3, 0.4) is 0 Å². The fourth-order valence-electron chi connectivity index (χ4n) is 3.79. The zero-order chi connectivity index (χ0) is 21.9. The summed E-state index contributed by atoms with van der Waals surface area (Å²) < 4.78 is 2.29. The van der Waals surface area contributed by atoms with Crippen LogP contribution < -0.4 is 5.56 Å². The summed E-state index contributed by atoms with van der Waals surface area (Å²) in [5.41, 5.74) is 3.63. The maximum absolute atomic E-state index is 12.4. The Balaban J connectivity index is 1.64. The first-order valence-electron chi connectivity index (χ1n) is 11.4. The fraction of sp³-hybridized carbons (Fsp3) is 0.440. The van der Waals surface area contributed by atoms with Crippen molar-refractivity contribution < 1.29 is 0 Å². The van der Waals surface area contributed by atoms with Crippen LogP contribution in [0.2, 0.25) is 0 Å². The van der Waals surface area contributed by atoms with Crippen molar-refractivity contribution in [3.8, 4) is 5.69 Å². The molecule has 0 aliphatic heterocycles. The third kappa shape index (κ3) is 7.24. The first-order chi connectivity index (χ1) is 15.2. The Hall–Kier alpha value is -2.60. The second-order valence-corrected chi connectivity index (χ2v) is 8.49. The first-order valence-corrected chi connectivity index (χ1v) is 11.8. The van der Waals surface area contributed by atoms with Gasteiger partial charge in [-0.2, -0.15) is 0 Å². The summed E-state index contributed by atoms with van der Waals surface area (Å²) in [6.07, 6.45) is 18.8. The summed E-state index contributed by atoms with van der Waals surface area (Å²) in [6.45, 7) is 2.26. The Kier molecular flexibility index (Phi) is 9.16. The number of nitrogens with one attached hydrogen (secondary N) is 1. The number of hydrogen-bond acceptors (Lipinski definition) is 4. The lowest BCUT2D eigenvalue weighted by molar-refractivity contribution is 0.575. The highest BCUT2D eigenvalue weighted by atomic mass is 32.1. The molecule has 1 N–H and O–H groups in total. The molecule has 164 valence electrons. The fourth-order valence-corrected chi connectivity index (χ4v) is 4.05. The summed E-state index contributed by atoms with van der Waals surface area (Å²) in [5, 5.41) is 0. The van der Waals surface area contributed by atoms with Gasteiger partial charge in [0.25, 0.3) is 5.56 Å². The molecule has 31 heavy (non-hydrogen) atoms. The van der Waals surface area contributed by atoms with Gasteiger partial charge in [0.05, 0.1) is 0 Å². The van der Waals surface area contributed by atoms with Crippen LogP contribution in [-0.2, 0) is 12.8 Å². The molecule has 2 heterocycles. The van der Waals surface area contributed by atoms with Gasteiger partial charge in [0.15, 0.2) is 4.77 Å². The number of unbranched alkanes of at least 4 members (excludes halogenated alkanes) is 7. The van der Waals surface area contributed by atoms with Crippen LogP contribution in [0.4, 0.5) is 0 Å². The Labute approximate surface area is 189 Å². The van der Waals surface area contributed by atoms with E-state index in [4.69, 9.17) is 12.2 Å². The molecule has 0 bridgehead atoms. The first kappa shape index (κ1) is 23.1. The Morgan fingerprint density at radius 2 is 1.68 bits per heavy atom. The van der Waals surface area contributed by atoms with Crippen molar-refractivity contribution in [1.29, 1.82) is 0 Å². The SMILES string of the molecule is CCCCCCCCCCc1cccc(-n2cc(Cc3cncnc3)c(=O)[nH]c2=S)c1. The van der Waals surface area contributed by atoms with Crippen LogP contribution in [-0.4, -0.2) is 19.5 Å². The number of benzene rings is 1. The lowest BCUT2D eigenvalue weighted by Crippen LogP contribution is -2.17. The van der Waals surface area contributed by atoms with E-state index in [9.17, 15) is 4.79 Å². The molecular formula is C25H32N4OS. The lowest BCUT2D eigenvalue weighted by Gasteiger charge is -2.11. The van der Waals surface area contributed by atoms with E-state index in [0.717, 1.165) is 17.7 Å². The predicted octanol–water partition coefficient (Wildman–Crippen LogP) is 5.96. The van der Waals surface area contributed by atoms with Crippen LogP contribution in [0.25, 0.3) is 5.69 Å². The molecule has 0 aliphatic rings. The average molecular weight is 437 g/mol. The molecule has 0 amide bonds. The van der Waals surface area contributed by atoms with Gasteiger partial charge < -0.3 is 0 Å². The second-order valence-electron chi connectivity index (χ2n) is 8.10. The lowest BCUT2D eigenvalue weighted by atomic mass is 10.0. The van der Waals surface area contributed by atoms with Crippen molar-refractivity contribution in [3.05, 3.63) is 81.0 Å². The number of rotatable bonds is 12. The number of hydrogen-bond donors (Lipinski definition) is 1. The van der Waals surface area contributed by atoms with Gasteiger partial charge in [-0.25, -0.2) is 9.97 Å². The Morgan fingerprint density at radius 3 is 2.42 bits per heavy atom. The van der Waals surface area contributed by atoms with Crippen molar-refractivity contribution in [2.24, 2.45) is 0 Å². The van der Waals surface area contributed by atoms with E-state index in [2.05, 4.69) is 40.1 Å². The highest BCUT2D eigenvalue weighted by Crippen LogP contribution is 2.16. The maximum atomic E-state index is 12.4. The molecule has 0 saturated heterocycles. The van der Waals surface area contributed by atoms with E-state index in [1.165, 1.54) is 63.3 Å². The van der Waals surface area contributed by atoms with Crippen molar-refractivity contribution in [2.75, 3.05) is 0 Å². The topological polar surface area (TPSA) is 63.6 Å². The van der Waals surface area contributed by atoms with Crippen LogP contribution >= 0.6 is 12.2 Å². The van der Waals surface area contributed by atoms with Gasteiger partial charge in [-0.05, 0) is 48.3 Å². The van der Waals surface area contributed by atoms with E-state index in [1.807, 2.05) is 16.8 Å². The molecule has 0 radical (unpaired) electrons. The van der Waals surface area contributed by atoms with Gasteiger partial charge in [-0.1, -0.05) is 64.0 Å². The molecule has 2 aromatic heterocycles. The minimum atomic E-state index is -0.166. The van der Waals surface area contributed by atoms with Crippen LogP contribution in [0.1, 0.15) is 75.0 Å². The van der Waals surface area contributed by atoms with Crippen LogP contribution in [0.15, 0.2) is 54.0 Å². The predicted molar refractivity (Wildman–Crippen MR) is 128 cm³/mol. The summed E-state index contributed by atoms with van der Waals surface area (Å²) >= 11 is 5.44. The third-order valence-electron chi connectivity index (χ3n) is 5.53. The number of H-pyrrole nitrogens is 1. The zero-order valence-electron chi connectivity index (χ0n) is 18.3. The zero-order valence-corrected chi connectivity index (χ0v) is 19.2. The van der Waals surface area contributed by atoms with E-state index < -0.39 is 0 Å². The minimum Gasteiger partial charge on any atom is -0.299 e. The molecule has 5 nitrogen and oxygen atoms in total. The van der Waals surface area contributed by atoms with Crippen LogP contribution in [0.5, 0.6) is 0 Å². The highest BCUT2D eigenvalue weighted by Gasteiger charge is 2.07. The molecule has 6 heteroatoms. The van der Waals surface area contributed by atoms with E-state index >= 15 is 0 Å². The number of nitrogens with zero attached hydrogens (tertiary/aromatic N) is 3. The smallest absolute Gasteiger partial charge is 0.255 e. The minimum absolute atomic E-state index is 0.166. The number of aryl methyl sites for hydroxylation is 1. The molecule has 3 aromatic rings. The molecule has 0 spiro atoms. The Morgan fingerprint density at radius 1 is 0.968 bits per heavy atom.